The van der Waals surface area contributed by atoms with E-state index in [1.165, 1.54) is 198 Å². The van der Waals surface area contributed by atoms with Crippen LogP contribution in [0.3, 0.4) is 0 Å². The van der Waals surface area contributed by atoms with Crippen LogP contribution in [0.5, 0.6) is 51.7 Å². The maximum absolute atomic E-state index is 13.9. The van der Waals surface area contributed by atoms with Crippen molar-refractivity contribution in [2.45, 2.75) is 85.1 Å². The molecule has 0 spiro atoms. The Morgan fingerprint density at radius 1 is 0.304 bits per heavy atom. The zero-order valence-corrected chi connectivity index (χ0v) is 82.2. The summed E-state index contributed by atoms with van der Waals surface area (Å²) in [6.07, 6.45) is -2.04. The van der Waals surface area contributed by atoms with Crippen molar-refractivity contribution in [2.24, 2.45) is 0 Å². The number of phenols is 7. The van der Waals surface area contributed by atoms with Crippen molar-refractivity contribution in [3.8, 4) is 51.7 Å². The molecular weight excluding hydrogens is 1920 g/mol. The highest BCUT2D eigenvalue weighted by molar-refractivity contribution is 6.15. The molecule has 7 N–H and O–H groups in total. The van der Waals surface area contributed by atoms with Crippen LogP contribution >= 0.6 is 12.4 Å². The van der Waals surface area contributed by atoms with Gasteiger partial charge in [-0.2, -0.15) is 26.3 Å². The fourth-order valence-electron chi connectivity index (χ4n) is 16.6. The molecule has 0 aromatic heterocycles. The molecule has 2 aliphatic heterocycles. The highest BCUT2D eigenvalue weighted by atomic mass is 35.5. The molecule has 2 aliphatic rings. The number of phenolic OH excluding ortho intramolecular Hbond substituents is 7. The van der Waals surface area contributed by atoms with Crippen LogP contribution in [-0.4, -0.2) is 122 Å². The number of piperidine rings is 2. The number of fused-ring (bicyclic) bond motifs is 1. The molecule has 0 bridgehead atoms. The van der Waals surface area contributed by atoms with E-state index in [1.807, 2.05) is 48.5 Å². The first-order valence-electron chi connectivity index (χ1n) is 47.6. The van der Waals surface area contributed by atoms with Gasteiger partial charge in [0.05, 0.1) is 22.3 Å². The molecular formula is C119H110ClF8N7O13. The number of carbonyl (C=O) groups excluding carboxylic acids is 4. The molecule has 0 unspecified atom stereocenters. The second-order valence-electron chi connectivity index (χ2n) is 35.3. The molecule has 16 aromatic carbocycles. The monoisotopic (exact) mass is 2030 g/mol. The molecule has 4 amide bonds. The third-order valence-corrected chi connectivity index (χ3v) is 24.5. The number of ether oxygens (including phenoxy) is 2. The first-order valence-corrected chi connectivity index (χ1v) is 47.6. The maximum atomic E-state index is 13.9. The predicted molar refractivity (Wildman–Crippen MR) is 565 cm³/mol. The maximum Gasteiger partial charge on any atom is 0.417 e. The molecule has 148 heavy (non-hydrogen) atoms. The van der Waals surface area contributed by atoms with Gasteiger partial charge in [0.2, 0.25) is 0 Å². The lowest BCUT2D eigenvalue weighted by atomic mass is 10.0. The van der Waals surface area contributed by atoms with E-state index in [1.54, 1.807) is 165 Å². The predicted octanol–water partition coefficient (Wildman–Crippen LogP) is 28.5. The number of hydrogen-bond acceptors (Lipinski definition) is 16. The fraction of sp³-hybridized carbons (Fsp3) is 0.176. The van der Waals surface area contributed by atoms with Gasteiger partial charge >= 0.3 is 12.4 Å². The lowest BCUT2D eigenvalue weighted by Gasteiger charge is -2.26. The fourth-order valence-corrected chi connectivity index (χ4v) is 16.6. The minimum atomic E-state index is -4.69. The van der Waals surface area contributed by atoms with E-state index in [0.29, 0.717) is 99.0 Å². The average Bonchev–Trinajstić information content (AvgIpc) is 0.737. The second-order valence-corrected chi connectivity index (χ2v) is 35.3. The molecule has 0 aliphatic carbocycles. The number of likely N-dealkylation sites (tertiary alicyclic amines) is 2. The van der Waals surface area contributed by atoms with Crippen molar-refractivity contribution in [3.05, 3.63) is 437 Å². The molecule has 20 nitrogen and oxygen atoms in total. The first kappa shape index (κ1) is 109. The van der Waals surface area contributed by atoms with Gasteiger partial charge in [0.25, 0.3) is 23.6 Å². The van der Waals surface area contributed by atoms with E-state index in [9.17, 15) is 90.0 Å². The van der Waals surface area contributed by atoms with Crippen LogP contribution in [0.2, 0.25) is 0 Å². The second kappa shape index (κ2) is 50.7. The summed E-state index contributed by atoms with van der Waals surface area (Å²) in [5.74, 6) is -1.17. The van der Waals surface area contributed by atoms with Crippen LogP contribution in [0.15, 0.2) is 364 Å². The summed E-state index contributed by atoms with van der Waals surface area (Å²) >= 11 is 0. The van der Waals surface area contributed by atoms with Gasteiger partial charge in [-0.05, 0) is 393 Å². The number of nitrogens with zero attached hydrogens (tertiary/aromatic N) is 7. The van der Waals surface area contributed by atoms with Crippen molar-refractivity contribution < 1.29 is 99.5 Å². The van der Waals surface area contributed by atoms with Crippen molar-refractivity contribution in [3.63, 3.8) is 0 Å². The number of rotatable bonds is 24. The molecule has 0 radical (unpaired) electrons. The molecule has 2 fully saturated rings. The van der Waals surface area contributed by atoms with Gasteiger partial charge in [-0.3, -0.25) is 48.6 Å². The number of halogens is 9. The molecule has 2 saturated heterocycles. The van der Waals surface area contributed by atoms with Gasteiger partial charge in [0.1, 0.15) is 76.6 Å². The third kappa shape index (κ3) is 29.6. The summed E-state index contributed by atoms with van der Waals surface area (Å²) in [6, 6.07) is 96.8. The smallest absolute Gasteiger partial charge is 0.417 e. The summed E-state index contributed by atoms with van der Waals surface area (Å²) in [5.41, 5.74) is 7.00. The normalized spacial score (nSPS) is 12.4. The average molecular weight is 2030 g/mol. The van der Waals surface area contributed by atoms with Crippen LogP contribution in [0.25, 0.3) is 10.8 Å². The Hall–Kier alpha value is -16.7. The molecule has 762 valence electrons. The quantitative estimate of drug-likeness (QED) is 0.0278. The minimum absolute atomic E-state index is 0. The number of benzene rings is 16. The third-order valence-electron chi connectivity index (χ3n) is 24.5. The minimum Gasteiger partial charge on any atom is -0.508 e. The van der Waals surface area contributed by atoms with Gasteiger partial charge in [-0.15, -0.1) is 12.4 Å². The molecule has 0 atom stereocenters. The van der Waals surface area contributed by atoms with E-state index in [-0.39, 0.29) is 69.9 Å². The van der Waals surface area contributed by atoms with E-state index >= 15 is 0 Å². The van der Waals surface area contributed by atoms with Crippen LogP contribution < -0.4 is 34.0 Å². The Balaban J connectivity index is 0.000000156. The number of anilines is 10. The van der Waals surface area contributed by atoms with E-state index in [4.69, 9.17) is 9.47 Å². The number of aromatic hydroxyl groups is 7. The highest BCUT2D eigenvalue weighted by Gasteiger charge is 2.39. The molecule has 16 aromatic rings. The summed E-state index contributed by atoms with van der Waals surface area (Å²) in [5, 5.41) is 69.1. The SMILES string of the molecule is Cc1ccc(C(=O)N(c2ccc(O)cc2)c2ccc(O)cc2)cc1F.Cc1ccc(C(=O)N(c2ccc(O)cc2)c2ccc(OCCN3CCCCC3)cc2)c(C(F)(F)F)c1.Cc1ccc(C(=O)N(c2ccc(O)cc2)c2ccc(OCCN3CCCCC3)cc2)c(C(F)(F)F)c1.Cc1ccc(CN(c2ccc(O)cc2)c2ccc(F)cc2)cc1.Cl.O=C(c1ccc2ccccc2c1)N(c1ccc(O)cc1)c1ccc(O)cc1. The largest absolute Gasteiger partial charge is 0.508 e. The summed E-state index contributed by atoms with van der Waals surface area (Å²) < 4.78 is 122. The molecule has 29 heteroatoms. The Kier molecular flexibility index (Phi) is 37.2. The van der Waals surface area contributed by atoms with Crippen molar-refractivity contribution in [1.29, 1.82) is 0 Å². The van der Waals surface area contributed by atoms with Gasteiger partial charge in [0.15, 0.2) is 0 Å². The summed E-state index contributed by atoms with van der Waals surface area (Å²) in [6.45, 7) is 14.4. The van der Waals surface area contributed by atoms with Gasteiger partial charge in [-0.25, -0.2) is 8.78 Å². The number of alkyl halides is 6. The van der Waals surface area contributed by atoms with E-state index < -0.39 is 58.1 Å². The summed E-state index contributed by atoms with van der Waals surface area (Å²) in [7, 11) is 0. The van der Waals surface area contributed by atoms with Crippen molar-refractivity contribution >= 4 is 104 Å². The lowest BCUT2D eigenvalue weighted by molar-refractivity contribution is -0.138. The molecule has 2 heterocycles. The van der Waals surface area contributed by atoms with Crippen LogP contribution in [-0.2, 0) is 18.9 Å². The first-order chi connectivity index (χ1) is 70.6. The zero-order valence-electron chi connectivity index (χ0n) is 81.4. The highest BCUT2D eigenvalue weighted by Crippen LogP contribution is 2.42. The van der Waals surface area contributed by atoms with Gasteiger partial charge < -0.3 is 50.1 Å². The van der Waals surface area contributed by atoms with E-state index in [2.05, 4.69) is 45.9 Å². The number of hydrogen-bond donors (Lipinski definition) is 7. The Morgan fingerprint density at radius 2 is 0.595 bits per heavy atom. The zero-order chi connectivity index (χ0) is 104. The molecule has 0 saturated carbocycles. The van der Waals surface area contributed by atoms with Crippen molar-refractivity contribution in [1.82, 2.24) is 9.80 Å². The Bertz CT molecular complexity index is 6770. The number of carbonyl (C=O) groups is 4. The van der Waals surface area contributed by atoms with Crippen LogP contribution in [0.1, 0.15) is 119 Å². The topological polar surface area (TPSA) is 251 Å². The van der Waals surface area contributed by atoms with Crippen LogP contribution in [0.4, 0.5) is 92.0 Å². The summed E-state index contributed by atoms with van der Waals surface area (Å²) in [4.78, 5) is 65.7. The van der Waals surface area contributed by atoms with Gasteiger partial charge in [-0.1, -0.05) is 102 Å². The Labute approximate surface area is 858 Å². The standard InChI is InChI=1S/2C28H29F3N2O3.C23H17NO3.C20H16FNO3.C20H18FNO.ClH/c2*1-20-5-14-25(26(19-20)28(29,30)31)27(35)33(21-6-10-23(34)11-7-21)22-8-12-24(13-9-22)36-18-17-32-15-3-2-4-16-32;25-21-11-7-19(8-12-21)24(20-9-13-22(26)14-10-20)23(27)18-6-5-16-3-1-2-4-17(16)15-18;1-13-2-3-14(12-19(13)21)20(25)22(15-4-8-17(23)9-5-15)16-6-10-18(24)11-7-16;1-15-2-4-16(5-3-15)14-22(18-8-6-17(21)7-9-18)19-10-12-20(23)13-11-19;/h2*5-14,19,34H,2-4,15-18H2,1H3;1-15,25-26H;2-12,23-24H,1H3;2-13,23H,14H2,1H3;1H. The molecule has 18 rings (SSSR count). The number of aryl methyl sites for hydroxylation is 4. The lowest BCUT2D eigenvalue weighted by Crippen LogP contribution is -2.33. The Morgan fingerprint density at radius 3 is 0.926 bits per heavy atom. The van der Waals surface area contributed by atoms with E-state index in [0.717, 1.165) is 79.1 Å². The number of amides is 4. The van der Waals surface area contributed by atoms with Crippen LogP contribution in [0, 0.1) is 39.3 Å². The van der Waals surface area contributed by atoms with Gasteiger partial charge in [0, 0.05) is 87.6 Å². The van der Waals surface area contributed by atoms with Crippen molar-refractivity contribution in [2.75, 3.05) is 77.0 Å².